The monoisotopic (exact) mass is 238 g/mol. The highest BCUT2D eigenvalue weighted by Crippen LogP contribution is 2.31. The summed E-state index contributed by atoms with van der Waals surface area (Å²) in [5.41, 5.74) is -0.859. The van der Waals surface area contributed by atoms with Gasteiger partial charge in [0.15, 0.2) is 0 Å². The molecule has 0 aliphatic carbocycles. The Hall–Kier alpha value is -1.90. The first-order chi connectivity index (χ1) is 7.86. The summed E-state index contributed by atoms with van der Waals surface area (Å²) in [5, 5.41) is 0. The summed E-state index contributed by atoms with van der Waals surface area (Å²) in [6.45, 7) is 5.03. The van der Waals surface area contributed by atoms with Crippen molar-refractivity contribution >= 4 is 24.0 Å². The van der Waals surface area contributed by atoms with Crippen molar-refractivity contribution in [2.45, 2.75) is 33.6 Å². The molecule has 0 saturated heterocycles. The highest BCUT2D eigenvalue weighted by atomic mass is 16.2. The number of rotatable bonds is 5. The fraction of sp³-hybridized carbons (Fsp3) is 0.636. The molecule has 0 heterocycles. The van der Waals surface area contributed by atoms with Crippen LogP contribution < -0.4 is 0 Å². The average molecular weight is 238 g/mol. The van der Waals surface area contributed by atoms with Gasteiger partial charge in [-0.05, 0) is 12.3 Å². The molecule has 0 bridgehead atoms. The van der Waals surface area contributed by atoms with Crippen LogP contribution in [0.2, 0.25) is 0 Å². The van der Waals surface area contributed by atoms with Crippen molar-refractivity contribution in [1.82, 2.24) is 0 Å². The fourth-order valence-corrected chi connectivity index (χ4v) is 1.20. The maximum atomic E-state index is 11.5. The van der Waals surface area contributed by atoms with Gasteiger partial charge in [-0.2, -0.15) is 0 Å². The van der Waals surface area contributed by atoms with Crippen LogP contribution in [-0.4, -0.2) is 24.0 Å². The van der Waals surface area contributed by atoms with E-state index in [4.69, 9.17) is 0 Å². The van der Waals surface area contributed by atoms with E-state index in [0.717, 1.165) is 6.08 Å². The summed E-state index contributed by atoms with van der Waals surface area (Å²) in [7, 11) is 0. The molecule has 0 radical (unpaired) electrons. The van der Waals surface area contributed by atoms with E-state index < -0.39 is 17.2 Å². The van der Waals surface area contributed by atoms with Gasteiger partial charge in [-0.1, -0.05) is 20.8 Å². The molecule has 0 aromatic heterocycles. The molecule has 6 heteroatoms. The van der Waals surface area contributed by atoms with Gasteiger partial charge in [0.1, 0.15) is 0 Å². The lowest BCUT2D eigenvalue weighted by molar-refractivity contribution is -0.129. The van der Waals surface area contributed by atoms with E-state index in [0.29, 0.717) is 6.42 Å². The summed E-state index contributed by atoms with van der Waals surface area (Å²) in [6.07, 6.45) is 2.79. The topological polar surface area (TPSA) is 93.0 Å². The Morgan fingerprint density at radius 2 is 1.71 bits per heavy atom. The SMILES string of the molecule is CC(CCC(=O)N=C=O)C(C)(C)C(=O)N=C=O. The van der Waals surface area contributed by atoms with Crippen molar-refractivity contribution in [3.8, 4) is 0 Å². The van der Waals surface area contributed by atoms with E-state index in [1.54, 1.807) is 20.8 Å². The number of isocyanates is 2. The molecule has 0 aromatic carbocycles. The summed E-state index contributed by atoms with van der Waals surface area (Å²) in [5.74, 6) is -1.33. The molecule has 0 saturated carbocycles. The third-order valence-corrected chi connectivity index (χ3v) is 2.89. The van der Waals surface area contributed by atoms with E-state index in [2.05, 4.69) is 9.98 Å². The number of aliphatic imine (C=N–C) groups is 2. The Kier molecular flexibility index (Phi) is 5.89. The van der Waals surface area contributed by atoms with Crippen molar-refractivity contribution in [2.75, 3.05) is 0 Å². The first-order valence-corrected chi connectivity index (χ1v) is 5.09. The van der Waals surface area contributed by atoms with Crippen molar-refractivity contribution in [3.63, 3.8) is 0 Å². The third-order valence-electron chi connectivity index (χ3n) is 2.89. The lowest BCUT2D eigenvalue weighted by Gasteiger charge is -2.27. The van der Waals surface area contributed by atoms with Crippen molar-refractivity contribution in [2.24, 2.45) is 21.3 Å². The van der Waals surface area contributed by atoms with Gasteiger partial charge in [0.2, 0.25) is 12.2 Å². The summed E-state index contributed by atoms with van der Waals surface area (Å²) < 4.78 is 0. The molecule has 2 amide bonds. The zero-order chi connectivity index (χ0) is 13.5. The summed E-state index contributed by atoms with van der Waals surface area (Å²) in [6, 6.07) is 0. The molecule has 92 valence electrons. The number of nitrogens with zero attached hydrogens (tertiary/aromatic N) is 2. The van der Waals surface area contributed by atoms with Crippen molar-refractivity contribution in [1.29, 1.82) is 0 Å². The Bertz CT molecular complexity index is 402. The van der Waals surface area contributed by atoms with Gasteiger partial charge >= 0.3 is 0 Å². The van der Waals surface area contributed by atoms with E-state index in [9.17, 15) is 19.2 Å². The zero-order valence-corrected chi connectivity index (χ0v) is 10.0. The maximum absolute atomic E-state index is 11.5. The molecule has 0 spiro atoms. The molecule has 0 aliphatic heterocycles. The molecular weight excluding hydrogens is 224 g/mol. The van der Waals surface area contributed by atoms with Gasteiger partial charge in [-0.3, -0.25) is 9.59 Å². The molecule has 0 aliphatic rings. The maximum Gasteiger partial charge on any atom is 0.262 e. The second kappa shape index (κ2) is 6.63. The van der Waals surface area contributed by atoms with E-state index in [1.165, 1.54) is 6.08 Å². The van der Waals surface area contributed by atoms with Crippen LogP contribution in [0.25, 0.3) is 0 Å². The van der Waals surface area contributed by atoms with Gasteiger partial charge < -0.3 is 0 Å². The smallest absolute Gasteiger partial charge is 0.262 e. The highest BCUT2D eigenvalue weighted by molar-refractivity contribution is 5.86. The van der Waals surface area contributed by atoms with Crippen LogP contribution in [0.3, 0.4) is 0 Å². The molecule has 0 fully saturated rings. The van der Waals surface area contributed by atoms with Gasteiger partial charge in [0.25, 0.3) is 11.8 Å². The molecular formula is C11H14N2O4. The minimum atomic E-state index is -0.859. The van der Waals surface area contributed by atoms with Crippen LogP contribution in [0.15, 0.2) is 9.98 Å². The molecule has 0 N–H and O–H groups in total. The van der Waals surface area contributed by atoms with E-state index in [-0.39, 0.29) is 12.3 Å². The normalized spacial score (nSPS) is 11.9. The number of hydrogen-bond acceptors (Lipinski definition) is 4. The van der Waals surface area contributed by atoms with Crippen molar-refractivity contribution in [3.05, 3.63) is 0 Å². The highest BCUT2D eigenvalue weighted by Gasteiger charge is 2.33. The number of carbonyl (C=O) groups is 2. The number of hydrogen-bond donors (Lipinski definition) is 0. The largest absolute Gasteiger partial charge is 0.272 e. The third kappa shape index (κ3) is 4.64. The number of amides is 2. The van der Waals surface area contributed by atoms with Crippen LogP contribution in [-0.2, 0) is 19.2 Å². The second-order valence-electron chi connectivity index (χ2n) is 4.27. The molecule has 6 nitrogen and oxygen atoms in total. The van der Waals surface area contributed by atoms with Crippen LogP contribution in [0.1, 0.15) is 33.6 Å². The molecule has 1 unspecified atom stereocenters. The predicted molar refractivity (Wildman–Crippen MR) is 58.4 cm³/mol. The Morgan fingerprint density at radius 1 is 1.18 bits per heavy atom. The van der Waals surface area contributed by atoms with Gasteiger partial charge in [-0.15, -0.1) is 9.98 Å². The molecule has 17 heavy (non-hydrogen) atoms. The van der Waals surface area contributed by atoms with Crippen LogP contribution in [0.4, 0.5) is 0 Å². The van der Waals surface area contributed by atoms with Crippen LogP contribution in [0.5, 0.6) is 0 Å². The minimum Gasteiger partial charge on any atom is -0.272 e. The number of carbonyl (C=O) groups excluding carboxylic acids is 4. The van der Waals surface area contributed by atoms with Crippen LogP contribution in [0, 0.1) is 11.3 Å². The summed E-state index contributed by atoms with van der Waals surface area (Å²) >= 11 is 0. The molecule has 0 aromatic rings. The first-order valence-electron chi connectivity index (χ1n) is 5.09. The van der Waals surface area contributed by atoms with Crippen LogP contribution >= 0.6 is 0 Å². The molecule has 1 atom stereocenters. The van der Waals surface area contributed by atoms with Gasteiger partial charge in [0, 0.05) is 11.8 Å². The fourth-order valence-electron chi connectivity index (χ4n) is 1.20. The lowest BCUT2D eigenvalue weighted by Crippen LogP contribution is -2.30. The van der Waals surface area contributed by atoms with Gasteiger partial charge in [0.05, 0.1) is 0 Å². The second-order valence-corrected chi connectivity index (χ2v) is 4.27. The standard InChI is InChI=1S/C11H14N2O4/c1-8(4-5-9(16)12-6-14)11(2,3)10(17)13-7-15/h8H,4-5H2,1-3H3. The minimum absolute atomic E-state index is 0.0535. The quantitative estimate of drug-likeness (QED) is 0.530. The Balaban J connectivity index is 4.53. The Labute approximate surface area is 98.8 Å². The first kappa shape index (κ1) is 15.1. The van der Waals surface area contributed by atoms with Gasteiger partial charge in [-0.25, -0.2) is 9.59 Å². The lowest BCUT2D eigenvalue weighted by atomic mass is 9.77. The summed E-state index contributed by atoms with van der Waals surface area (Å²) in [4.78, 5) is 48.3. The molecule has 0 rings (SSSR count). The Morgan fingerprint density at radius 3 is 2.18 bits per heavy atom. The predicted octanol–water partition coefficient (Wildman–Crippen LogP) is 1.15. The zero-order valence-electron chi connectivity index (χ0n) is 10.0. The van der Waals surface area contributed by atoms with E-state index in [1.807, 2.05) is 0 Å². The van der Waals surface area contributed by atoms with Crippen molar-refractivity contribution < 1.29 is 19.2 Å². The average Bonchev–Trinajstić information content (AvgIpc) is 2.26. The van der Waals surface area contributed by atoms with E-state index >= 15 is 0 Å².